The molecule has 0 aromatic carbocycles. The molecule has 0 aliphatic carbocycles. The van der Waals surface area contributed by atoms with Gasteiger partial charge in [-0.3, -0.25) is 10.1 Å². The minimum atomic E-state index is -1.12. The van der Waals surface area contributed by atoms with Crippen molar-refractivity contribution in [1.82, 2.24) is 25.4 Å². The topological polar surface area (TPSA) is 115 Å². The molecule has 2 heterocycles. The summed E-state index contributed by atoms with van der Waals surface area (Å²) in [7, 11) is 0. The summed E-state index contributed by atoms with van der Waals surface area (Å²) < 4.78 is 6.72. The molecule has 26 heavy (non-hydrogen) atoms. The molecular formula is C17H21N5O4. The molecule has 0 spiro atoms. The van der Waals surface area contributed by atoms with Crippen LogP contribution in [0.5, 0.6) is 0 Å². The number of nitrogens with zero attached hydrogens (tertiary/aromatic N) is 3. The van der Waals surface area contributed by atoms with Crippen LogP contribution in [0.25, 0.3) is 5.82 Å². The number of amides is 3. The lowest BCUT2D eigenvalue weighted by molar-refractivity contribution is -0.127. The summed E-state index contributed by atoms with van der Waals surface area (Å²) in [4.78, 5) is 39.4. The number of carbonyl (C=O) groups excluding carboxylic acids is 3. The number of carbonyl (C=O) groups is 3. The van der Waals surface area contributed by atoms with E-state index in [0.717, 1.165) is 11.4 Å². The number of rotatable bonds is 5. The van der Waals surface area contributed by atoms with Crippen molar-refractivity contribution in [2.75, 3.05) is 6.54 Å². The molecule has 9 heteroatoms. The summed E-state index contributed by atoms with van der Waals surface area (Å²) in [6, 6.07) is 4.44. The summed E-state index contributed by atoms with van der Waals surface area (Å²) in [6.45, 7) is 7.25. The van der Waals surface area contributed by atoms with Crippen LogP contribution in [-0.2, 0) is 9.53 Å². The lowest BCUT2D eigenvalue weighted by atomic mass is 10.3. The number of urea groups is 1. The highest BCUT2D eigenvalue weighted by molar-refractivity contribution is 5.98. The van der Waals surface area contributed by atoms with E-state index in [1.807, 2.05) is 19.9 Å². The maximum Gasteiger partial charge on any atom is 0.340 e. The van der Waals surface area contributed by atoms with Gasteiger partial charge in [-0.1, -0.05) is 0 Å². The first kappa shape index (κ1) is 19.1. The molecule has 3 amide bonds. The van der Waals surface area contributed by atoms with Gasteiger partial charge in [-0.25, -0.2) is 19.3 Å². The van der Waals surface area contributed by atoms with Crippen LogP contribution in [0.2, 0.25) is 0 Å². The van der Waals surface area contributed by atoms with Gasteiger partial charge in [0.2, 0.25) is 0 Å². The normalized spacial score (nSPS) is 11.5. The Balaban J connectivity index is 2.00. The summed E-state index contributed by atoms with van der Waals surface area (Å²) in [6.07, 6.45) is 0.225. The average molecular weight is 359 g/mol. The molecule has 0 saturated heterocycles. The minimum Gasteiger partial charge on any atom is -0.449 e. The molecule has 2 rings (SSSR count). The van der Waals surface area contributed by atoms with Crippen molar-refractivity contribution in [3.05, 3.63) is 41.3 Å². The minimum absolute atomic E-state index is 0.188. The van der Waals surface area contributed by atoms with Gasteiger partial charge in [-0.2, -0.15) is 5.10 Å². The Labute approximate surface area is 150 Å². The Morgan fingerprint density at radius 3 is 2.54 bits per heavy atom. The van der Waals surface area contributed by atoms with Crippen LogP contribution in [0.1, 0.15) is 35.6 Å². The first-order chi connectivity index (χ1) is 12.3. The van der Waals surface area contributed by atoms with E-state index in [0.29, 0.717) is 12.4 Å². The molecule has 1 unspecified atom stereocenters. The third kappa shape index (κ3) is 4.65. The highest BCUT2D eigenvalue weighted by Gasteiger charge is 2.21. The molecule has 0 radical (unpaired) electrons. The standard InChI is InChI=1S/C17H21N5O4/c1-5-18-17(25)20-15(23)12(4)26-16(24)13-6-7-14(19-9-13)22-11(3)8-10(2)21-22/h6-9,12H,5H2,1-4H3,(H2,18,20,23,25). The SMILES string of the molecule is CCNC(=O)NC(=O)C(C)OC(=O)c1ccc(-n2nc(C)cc2C)nc1. The first-order valence-corrected chi connectivity index (χ1v) is 8.11. The number of pyridine rings is 1. The molecular weight excluding hydrogens is 338 g/mol. The van der Waals surface area contributed by atoms with Crippen LogP contribution >= 0.6 is 0 Å². The fraction of sp³-hybridized carbons (Fsp3) is 0.353. The molecule has 0 fully saturated rings. The average Bonchev–Trinajstić information content (AvgIpc) is 2.93. The van der Waals surface area contributed by atoms with Gasteiger partial charge in [0.05, 0.1) is 11.3 Å². The lowest BCUT2D eigenvalue weighted by Gasteiger charge is -2.13. The van der Waals surface area contributed by atoms with E-state index < -0.39 is 24.0 Å². The molecule has 1 atom stereocenters. The van der Waals surface area contributed by atoms with E-state index >= 15 is 0 Å². The second kappa shape index (κ2) is 8.24. The van der Waals surface area contributed by atoms with Gasteiger partial charge in [-0.05, 0) is 45.9 Å². The summed E-state index contributed by atoms with van der Waals surface area (Å²) in [5.74, 6) is -0.860. The van der Waals surface area contributed by atoms with E-state index in [4.69, 9.17) is 4.74 Å². The van der Waals surface area contributed by atoms with E-state index in [1.54, 1.807) is 17.7 Å². The molecule has 138 valence electrons. The van der Waals surface area contributed by atoms with E-state index in [1.165, 1.54) is 19.2 Å². The largest absolute Gasteiger partial charge is 0.449 e. The Morgan fingerprint density at radius 1 is 1.27 bits per heavy atom. The maximum absolute atomic E-state index is 12.1. The van der Waals surface area contributed by atoms with Crippen LogP contribution in [-0.4, -0.2) is 45.3 Å². The summed E-state index contributed by atoms with van der Waals surface area (Å²) in [5, 5.41) is 8.81. The van der Waals surface area contributed by atoms with Crippen LogP contribution in [0, 0.1) is 13.8 Å². The molecule has 0 saturated carbocycles. The third-order valence-electron chi connectivity index (χ3n) is 3.44. The molecule has 2 aromatic heterocycles. The van der Waals surface area contributed by atoms with E-state index in [2.05, 4.69) is 20.7 Å². The van der Waals surface area contributed by atoms with Crippen molar-refractivity contribution in [3.8, 4) is 5.82 Å². The van der Waals surface area contributed by atoms with Crippen molar-refractivity contribution in [3.63, 3.8) is 0 Å². The number of aromatic nitrogens is 3. The van der Waals surface area contributed by atoms with Gasteiger partial charge >= 0.3 is 12.0 Å². The van der Waals surface area contributed by atoms with Crippen LogP contribution in [0.15, 0.2) is 24.4 Å². The third-order valence-corrected chi connectivity index (χ3v) is 3.44. The number of hydrogen-bond acceptors (Lipinski definition) is 6. The fourth-order valence-corrected chi connectivity index (χ4v) is 2.19. The zero-order valence-corrected chi connectivity index (χ0v) is 15.1. The van der Waals surface area contributed by atoms with Gasteiger partial charge in [0, 0.05) is 18.4 Å². The van der Waals surface area contributed by atoms with Crippen molar-refractivity contribution in [2.45, 2.75) is 33.8 Å². The first-order valence-electron chi connectivity index (χ1n) is 8.11. The number of imide groups is 1. The number of ether oxygens (including phenoxy) is 1. The predicted octanol–water partition coefficient (Wildman–Crippen LogP) is 1.28. The predicted molar refractivity (Wildman–Crippen MR) is 92.9 cm³/mol. The smallest absolute Gasteiger partial charge is 0.340 e. The van der Waals surface area contributed by atoms with Gasteiger partial charge < -0.3 is 10.1 Å². The van der Waals surface area contributed by atoms with Gasteiger partial charge in [0.1, 0.15) is 0 Å². The monoisotopic (exact) mass is 359 g/mol. The van der Waals surface area contributed by atoms with Gasteiger partial charge in [0.15, 0.2) is 11.9 Å². The van der Waals surface area contributed by atoms with Gasteiger partial charge in [-0.15, -0.1) is 0 Å². The molecule has 0 bridgehead atoms. The number of aryl methyl sites for hydroxylation is 2. The second-order valence-electron chi connectivity index (χ2n) is 5.64. The number of hydrogen-bond donors (Lipinski definition) is 2. The Hall–Kier alpha value is -3.23. The van der Waals surface area contributed by atoms with Crippen molar-refractivity contribution in [1.29, 1.82) is 0 Å². The van der Waals surface area contributed by atoms with Gasteiger partial charge in [0.25, 0.3) is 5.91 Å². The fourth-order valence-electron chi connectivity index (χ4n) is 2.19. The number of nitrogens with one attached hydrogen (secondary N) is 2. The Kier molecular flexibility index (Phi) is 6.05. The maximum atomic E-state index is 12.1. The Morgan fingerprint density at radius 2 is 2.00 bits per heavy atom. The molecule has 9 nitrogen and oxygen atoms in total. The summed E-state index contributed by atoms with van der Waals surface area (Å²) in [5.41, 5.74) is 1.97. The lowest BCUT2D eigenvalue weighted by Crippen LogP contribution is -2.44. The second-order valence-corrected chi connectivity index (χ2v) is 5.64. The van der Waals surface area contributed by atoms with Crippen molar-refractivity contribution in [2.24, 2.45) is 0 Å². The highest BCUT2D eigenvalue weighted by Crippen LogP contribution is 2.11. The molecule has 2 aromatic rings. The zero-order chi connectivity index (χ0) is 19.3. The van der Waals surface area contributed by atoms with Crippen LogP contribution in [0.4, 0.5) is 4.79 Å². The van der Waals surface area contributed by atoms with Crippen molar-refractivity contribution < 1.29 is 19.1 Å². The van der Waals surface area contributed by atoms with E-state index in [-0.39, 0.29) is 5.56 Å². The number of esters is 1. The molecule has 0 aliphatic heterocycles. The summed E-state index contributed by atoms with van der Waals surface area (Å²) >= 11 is 0. The quantitative estimate of drug-likeness (QED) is 0.777. The van der Waals surface area contributed by atoms with Crippen LogP contribution < -0.4 is 10.6 Å². The highest BCUT2D eigenvalue weighted by atomic mass is 16.5. The Bertz CT molecular complexity index is 813. The van der Waals surface area contributed by atoms with E-state index in [9.17, 15) is 14.4 Å². The van der Waals surface area contributed by atoms with Crippen LogP contribution in [0.3, 0.4) is 0 Å². The molecule has 2 N–H and O–H groups in total. The molecule has 0 aliphatic rings. The van der Waals surface area contributed by atoms with Crippen molar-refractivity contribution >= 4 is 17.9 Å². The zero-order valence-electron chi connectivity index (χ0n) is 15.1.